The summed E-state index contributed by atoms with van der Waals surface area (Å²) in [6.07, 6.45) is 3.07. The number of carbonyl (C=O) groups excluding carboxylic acids is 1. The van der Waals surface area contributed by atoms with Crippen molar-refractivity contribution in [1.29, 1.82) is 0 Å². The Morgan fingerprint density at radius 2 is 2.71 bits per heavy atom. The fourth-order valence-electron chi connectivity index (χ4n) is 1.62. The van der Waals surface area contributed by atoms with Crippen LogP contribution >= 0.6 is 0 Å². The molecule has 1 unspecified atom stereocenters. The smallest absolute Gasteiger partial charge is 0.225 e. The number of carbonyl (C=O) groups is 1. The summed E-state index contributed by atoms with van der Waals surface area (Å²) in [7, 11) is 0. The molecule has 2 heterocycles. The number of amides is 1. The van der Waals surface area contributed by atoms with Crippen LogP contribution in [0.3, 0.4) is 0 Å². The second-order valence-corrected chi connectivity index (χ2v) is 3.50. The maximum absolute atomic E-state index is 11.4. The van der Waals surface area contributed by atoms with Crippen LogP contribution in [0, 0.1) is 5.92 Å². The summed E-state index contributed by atoms with van der Waals surface area (Å²) in [5, 5.41) is 9.51. The molecule has 1 aliphatic heterocycles. The summed E-state index contributed by atoms with van der Waals surface area (Å²) in [6, 6.07) is 1.63. The molecule has 1 aliphatic rings. The van der Waals surface area contributed by atoms with Crippen LogP contribution in [0.4, 0.5) is 5.82 Å². The first-order valence-corrected chi connectivity index (χ1v) is 4.75. The molecular formula is C9H13N3O2. The zero-order valence-corrected chi connectivity index (χ0v) is 7.82. The molecule has 1 saturated heterocycles. The van der Waals surface area contributed by atoms with Crippen molar-refractivity contribution in [2.45, 2.75) is 12.8 Å². The highest BCUT2D eigenvalue weighted by Crippen LogP contribution is 2.13. The first-order chi connectivity index (χ1) is 6.84. The van der Waals surface area contributed by atoms with E-state index in [0.29, 0.717) is 18.2 Å². The van der Waals surface area contributed by atoms with Crippen molar-refractivity contribution >= 4 is 11.7 Å². The minimum absolute atomic E-state index is 0.00704. The van der Waals surface area contributed by atoms with Gasteiger partial charge in [0, 0.05) is 12.5 Å². The Bertz CT molecular complexity index is 291. The molecule has 0 bridgehead atoms. The van der Waals surface area contributed by atoms with Crippen molar-refractivity contribution in [2.75, 3.05) is 18.4 Å². The lowest BCUT2D eigenvalue weighted by Crippen LogP contribution is -2.18. The first kappa shape index (κ1) is 9.21. The molecule has 5 nitrogen and oxygen atoms in total. The molecule has 2 rings (SSSR count). The highest BCUT2D eigenvalue weighted by molar-refractivity contribution is 5.89. The van der Waals surface area contributed by atoms with E-state index in [2.05, 4.69) is 20.3 Å². The fourth-order valence-corrected chi connectivity index (χ4v) is 1.62. The SMILES string of the molecule is O=C(CC1CCNC1)Nc1ccon1. The molecule has 14 heavy (non-hydrogen) atoms. The van der Waals surface area contributed by atoms with Gasteiger partial charge in [0.25, 0.3) is 0 Å². The van der Waals surface area contributed by atoms with E-state index in [1.807, 2.05) is 0 Å². The van der Waals surface area contributed by atoms with Gasteiger partial charge in [-0.1, -0.05) is 5.16 Å². The molecule has 0 spiro atoms. The Kier molecular flexibility index (Phi) is 2.78. The summed E-state index contributed by atoms with van der Waals surface area (Å²) in [4.78, 5) is 11.4. The standard InChI is InChI=1S/C9H13N3O2/c13-9(5-7-1-3-10-6-7)11-8-2-4-14-12-8/h2,4,7,10H,1,3,5-6H2,(H,11,12,13). The average Bonchev–Trinajstić information content (AvgIpc) is 2.76. The van der Waals surface area contributed by atoms with Crippen molar-refractivity contribution in [3.63, 3.8) is 0 Å². The zero-order chi connectivity index (χ0) is 9.80. The zero-order valence-electron chi connectivity index (χ0n) is 7.82. The van der Waals surface area contributed by atoms with E-state index in [9.17, 15) is 4.79 Å². The summed E-state index contributed by atoms with van der Waals surface area (Å²) >= 11 is 0. The van der Waals surface area contributed by atoms with Crippen molar-refractivity contribution in [3.05, 3.63) is 12.3 Å². The van der Waals surface area contributed by atoms with Gasteiger partial charge in [-0.25, -0.2) is 0 Å². The number of nitrogens with zero attached hydrogens (tertiary/aromatic N) is 1. The van der Waals surface area contributed by atoms with E-state index in [1.54, 1.807) is 6.07 Å². The highest BCUT2D eigenvalue weighted by Gasteiger charge is 2.18. The van der Waals surface area contributed by atoms with Gasteiger partial charge in [-0.3, -0.25) is 4.79 Å². The summed E-state index contributed by atoms with van der Waals surface area (Å²) < 4.78 is 4.61. The molecule has 5 heteroatoms. The van der Waals surface area contributed by atoms with E-state index >= 15 is 0 Å². The molecule has 0 saturated carbocycles. The van der Waals surface area contributed by atoms with Crippen LogP contribution in [0.2, 0.25) is 0 Å². The third kappa shape index (κ3) is 2.32. The Morgan fingerprint density at radius 3 is 3.36 bits per heavy atom. The van der Waals surface area contributed by atoms with Crippen molar-refractivity contribution in [2.24, 2.45) is 5.92 Å². The van der Waals surface area contributed by atoms with Gasteiger partial charge in [0.1, 0.15) is 6.26 Å². The second kappa shape index (κ2) is 4.23. The second-order valence-electron chi connectivity index (χ2n) is 3.50. The average molecular weight is 195 g/mol. The Morgan fingerprint density at radius 1 is 1.79 bits per heavy atom. The van der Waals surface area contributed by atoms with Gasteiger partial charge in [0.2, 0.25) is 5.91 Å². The summed E-state index contributed by atoms with van der Waals surface area (Å²) in [6.45, 7) is 1.95. The molecule has 2 N–H and O–H groups in total. The minimum atomic E-state index is 0.00704. The molecule has 1 atom stereocenters. The van der Waals surface area contributed by atoms with Crippen LogP contribution in [-0.2, 0) is 4.79 Å². The molecule has 0 aromatic carbocycles. The largest absolute Gasteiger partial charge is 0.363 e. The van der Waals surface area contributed by atoms with Crippen LogP contribution in [0.15, 0.2) is 16.9 Å². The van der Waals surface area contributed by atoms with Gasteiger partial charge in [-0.15, -0.1) is 0 Å². The maximum atomic E-state index is 11.4. The minimum Gasteiger partial charge on any atom is -0.363 e. The highest BCUT2D eigenvalue weighted by atomic mass is 16.5. The molecule has 1 fully saturated rings. The molecule has 1 aromatic heterocycles. The van der Waals surface area contributed by atoms with Crippen LogP contribution < -0.4 is 10.6 Å². The quantitative estimate of drug-likeness (QED) is 0.741. The van der Waals surface area contributed by atoms with Gasteiger partial charge in [-0.05, 0) is 25.4 Å². The normalized spacial score (nSPS) is 21.0. The third-order valence-electron chi connectivity index (χ3n) is 2.34. The lowest BCUT2D eigenvalue weighted by atomic mass is 10.0. The first-order valence-electron chi connectivity index (χ1n) is 4.75. The Balaban J connectivity index is 1.78. The van der Waals surface area contributed by atoms with E-state index < -0.39 is 0 Å². The maximum Gasteiger partial charge on any atom is 0.225 e. The van der Waals surface area contributed by atoms with Gasteiger partial charge in [-0.2, -0.15) is 0 Å². The summed E-state index contributed by atoms with van der Waals surface area (Å²) in [5.74, 6) is 0.954. The van der Waals surface area contributed by atoms with E-state index in [-0.39, 0.29) is 5.91 Å². The Labute approximate surface area is 81.8 Å². The van der Waals surface area contributed by atoms with E-state index in [0.717, 1.165) is 19.5 Å². The van der Waals surface area contributed by atoms with Gasteiger partial charge >= 0.3 is 0 Å². The summed E-state index contributed by atoms with van der Waals surface area (Å²) in [5.41, 5.74) is 0. The van der Waals surface area contributed by atoms with Gasteiger partial charge in [0.15, 0.2) is 5.82 Å². The van der Waals surface area contributed by atoms with Crippen LogP contribution in [0.1, 0.15) is 12.8 Å². The molecular weight excluding hydrogens is 182 g/mol. The van der Waals surface area contributed by atoms with Gasteiger partial charge < -0.3 is 15.2 Å². The van der Waals surface area contributed by atoms with Crippen molar-refractivity contribution in [3.8, 4) is 0 Å². The van der Waals surface area contributed by atoms with Crippen LogP contribution in [0.25, 0.3) is 0 Å². The van der Waals surface area contributed by atoms with Crippen molar-refractivity contribution in [1.82, 2.24) is 10.5 Å². The van der Waals surface area contributed by atoms with Crippen LogP contribution in [0.5, 0.6) is 0 Å². The molecule has 76 valence electrons. The van der Waals surface area contributed by atoms with E-state index in [4.69, 9.17) is 0 Å². The number of anilines is 1. The predicted octanol–water partition coefficient (Wildman–Crippen LogP) is 0.613. The third-order valence-corrected chi connectivity index (χ3v) is 2.34. The van der Waals surface area contributed by atoms with E-state index in [1.165, 1.54) is 6.26 Å². The number of hydrogen-bond donors (Lipinski definition) is 2. The fraction of sp³-hybridized carbons (Fsp3) is 0.556. The lowest BCUT2D eigenvalue weighted by Gasteiger charge is -2.06. The molecule has 0 aliphatic carbocycles. The topological polar surface area (TPSA) is 67.2 Å². The predicted molar refractivity (Wildman–Crippen MR) is 50.7 cm³/mol. The molecule has 0 radical (unpaired) electrons. The number of aromatic nitrogens is 1. The van der Waals surface area contributed by atoms with Crippen molar-refractivity contribution < 1.29 is 9.32 Å². The molecule has 1 amide bonds. The van der Waals surface area contributed by atoms with Gasteiger partial charge in [0.05, 0.1) is 0 Å². The molecule has 1 aromatic rings. The number of nitrogens with one attached hydrogen (secondary N) is 2. The number of hydrogen-bond acceptors (Lipinski definition) is 4. The monoisotopic (exact) mass is 195 g/mol. The number of rotatable bonds is 3. The lowest BCUT2D eigenvalue weighted by molar-refractivity contribution is -0.117. The van der Waals surface area contributed by atoms with Crippen LogP contribution in [-0.4, -0.2) is 24.2 Å². The Hall–Kier alpha value is -1.36.